The summed E-state index contributed by atoms with van der Waals surface area (Å²) >= 11 is 0. The van der Waals surface area contributed by atoms with Crippen molar-refractivity contribution >= 4 is 11.6 Å². The lowest BCUT2D eigenvalue weighted by atomic mass is 9.69. The van der Waals surface area contributed by atoms with E-state index < -0.39 is 5.54 Å². The Bertz CT molecular complexity index is 1110. The molecule has 1 atom stereocenters. The molecule has 4 nitrogen and oxygen atoms in total. The molecule has 1 saturated carbocycles. The van der Waals surface area contributed by atoms with Gasteiger partial charge in [-0.3, -0.25) is 10.1 Å². The lowest BCUT2D eigenvalue weighted by Crippen LogP contribution is -2.65. The first-order chi connectivity index (χ1) is 16.1. The quantitative estimate of drug-likeness (QED) is 0.429. The highest BCUT2D eigenvalue weighted by atomic mass is 16.2. The van der Waals surface area contributed by atoms with E-state index in [1.807, 2.05) is 73.7 Å². The van der Waals surface area contributed by atoms with Crippen LogP contribution in [-0.4, -0.2) is 17.2 Å². The molecule has 4 heteroatoms. The SMILES string of the molecule is C[C@@]1(C(=O)NN=C(c2ccccc2)c2ccccc2)NC2(CCCCC2)Cc2ccccc21. The minimum atomic E-state index is -0.839. The van der Waals surface area contributed by atoms with Gasteiger partial charge in [0.15, 0.2) is 0 Å². The lowest BCUT2D eigenvalue weighted by molar-refractivity contribution is -0.129. The van der Waals surface area contributed by atoms with Crippen molar-refractivity contribution in [3.8, 4) is 0 Å². The van der Waals surface area contributed by atoms with Crippen LogP contribution in [0.3, 0.4) is 0 Å². The molecule has 1 fully saturated rings. The summed E-state index contributed by atoms with van der Waals surface area (Å²) in [6, 6.07) is 28.4. The van der Waals surface area contributed by atoms with E-state index in [2.05, 4.69) is 34.0 Å². The van der Waals surface area contributed by atoms with E-state index in [4.69, 9.17) is 0 Å². The topological polar surface area (TPSA) is 53.5 Å². The van der Waals surface area contributed by atoms with E-state index in [0.29, 0.717) is 0 Å². The number of hydrazone groups is 1. The third-order valence-electron chi connectivity index (χ3n) is 7.23. The standard InChI is InChI=1S/C29H31N3O/c1-28(25-18-10-9-17-24(25)21-29(32-28)19-11-4-12-20-29)27(33)31-30-26(22-13-5-2-6-14-22)23-15-7-3-8-16-23/h2-3,5-10,13-18,32H,4,11-12,19-21H2,1H3,(H,31,33)/t28-/m1/s1. The van der Waals surface area contributed by atoms with E-state index in [0.717, 1.165) is 41.7 Å². The van der Waals surface area contributed by atoms with E-state index >= 15 is 0 Å². The molecule has 2 aliphatic rings. The van der Waals surface area contributed by atoms with Crippen LogP contribution < -0.4 is 10.7 Å². The Morgan fingerprint density at radius 1 is 0.818 bits per heavy atom. The van der Waals surface area contributed by atoms with Gasteiger partial charge >= 0.3 is 0 Å². The first-order valence-corrected chi connectivity index (χ1v) is 12.0. The highest BCUT2D eigenvalue weighted by Crippen LogP contribution is 2.41. The first kappa shape index (κ1) is 21.6. The summed E-state index contributed by atoms with van der Waals surface area (Å²) in [7, 11) is 0. The molecule has 0 bridgehead atoms. The van der Waals surface area contributed by atoms with Gasteiger partial charge in [0.1, 0.15) is 5.54 Å². The fraction of sp³-hybridized carbons (Fsp3) is 0.310. The largest absolute Gasteiger partial charge is 0.294 e. The predicted octanol–water partition coefficient (Wildman–Crippen LogP) is 5.32. The van der Waals surface area contributed by atoms with Crippen LogP contribution in [0.4, 0.5) is 0 Å². The predicted molar refractivity (Wildman–Crippen MR) is 133 cm³/mol. The molecular formula is C29H31N3O. The third kappa shape index (κ3) is 4.23. The second-order valence-electron chi connectivity index (χ2n) is 9.56. The smallest absolute Gasteiger partial charge is 0.264 e. The highest BCUT2D eigenvalue weighted by molar-refractivity contribution is 6.13. The zero-order valence-corrected chi connectivity index (χ0v) is 19.2. The first-order valence-electron chi connectivity index (χ1n) is 12.0. The van der Waals surface area contributed by atoms with Crippen LogP contribution in [0, 0.1) is 0 Å². The molecule has 1 amide bonds. The third-order valence-corrected chi connectivity index (χ3v) is 7.23. The highest BCUT2D eigenvalue weighted by Gasteiger charge is 2.48. The number of benzene rings is 3. The molecule has 168 valence electrons. The number of amides is 1. The number of hydrogen-bond acceptors (Lipinski definition) is 3. The van der Waals surface area contributed by atoms with Crippen LogP contribution in [0.5, 0.6) is 0 Å². The number of rotatable bonds is 4. The van der Waals surface area contributed by atoms with Crippen LogP contribution >= 0.6 is 0 Å². The molecule has 1 heterocycles. The van der Waals surface area contributed by atoms with Crippen LogP contribution in [0.25, 0.3) is 0 Å². The minimum Gasteiger partial charge on any atom is -0.294 e. The summed E-state index contributed by atoms with van der Waals surface area (Å²) in [6.07, 6.45) is 6.87. The Hall–Kier alpha value is -3.24. The summed E-state index contributed by atoms with van der Waals surface area (Å²) in [4.78, 5) is 13.8. The van der Waals surface area contributed by atoms with Crippen molar-refractivity contribution in [2.75, 3.05) is 0 Å². The van der Waals surface area contributed by atoms with Crippen molar-refractivity contribution < 1.29 is 4.79 Å². The number of nitrogens with one attached hydrogen (secondary N) is 2. The van der Waals surface area contributed by atoms with Gasteiger partial charge < -0.3 is 0 Å². The average molecular weight is 438 g/mol. The second kappa shape index (κ2) is 8.95. The van der Waals surface area contributed by atoms with Crippen molar-refractivity contribution in [2.24, 2.45) is 5.10 Å². The molecule has 0 radical (unpaired) electrons. The lowest BCUT2D eigenvalue weighted by Gasteiger charge is -2.49. The number of hydrogen-bond donors (Lipinski definition) is 2. The normalized spacial score (nSPS) is 21.1. The van der Waals surface area contributed by atoms with Crippen molar-refractivity contribution in [1.29, 1.82) is 0 Å². The summed E-state index contributed by atoms with van der Waals surface area (Å²) in [5.41, 5.74) is 7.09. The Kier molecular flexibility index (Phi) is 5.86. The molecule has 1 aliphatic heterocycles. The maximum atomic E-state index is 13.8. The Balaban J connectivity index is 1.50. The van der Waals surface area contributed by atoms with Crippen molar-refractivity contribution in [1.82, 2.24) is 10.7 Å². The zero-order valence-electron chi connectivity index (χ0n) is 19.2. The summed E-state index contributed by atoms with van der Waals surface area (Å²) in [6.45, 7) is 2.01. The van der Waals surface area contributed by atoms with E-state index in [9.17, 15) is 4.79 Å². The Labute approximate surface area is 196 Å². The molecule has 0 aromatic heterocycles. The molecule has 3 aromatic carbocycles. The van der Waals surface area contributed by atoms with Gasteiger partial charge in [-0.1, -0.05) is 104 Å². The van der Waals surface area contributed by atoms with Crippen LogP contribution in [0.2, 0.25) is 0 Å². The summed E-state index contributed by atoms with van der Waals surface area (Å²) in [5, 5.41) is 8.49. The maximum Gasteiger partial charge on any atom is 0.264 e. The van der Waals surface area contributed by atoms with Gasteiger partial charge in [0.2, 0.25) is 0 Å². The number of carbonyl (C=O) groups is 1. The molecular weight excluding hydrogens is 406 g/mol. The number of fused-ring (bicyclic) bond motifs is 1. The Morgan fingerprint density at radius 2 is 1.39 bits per heavy atom. The van der Waals surface area contributed by atoms with Gasteiger partial charge in [-0.05, 0) is 37.3 Å². The minimum absolute atomic E-state index is 0.0237. The van der Waals surface area contributed by atoms with Crippen LogP contribution in [0.15, 0.2) is 90.0 Å². The zero-order chi connectivity index (χ0) is 22.7. The summed E-state index contributed by atoms with van der Waals surface area (Å²) < 4.78 is 0. The van der Waals surface area contributed by atoms with Gasteiger partial charge in [-0.25, -0.2) is 5.43 Å². The molecule has 1 spiro atoms. The van der Waals surface area contributed by atoms with E-state index in [1.165, 1.54) is 24.8 Å². The van der Waals surface area contributed by atoms with Gasteiger partial charge in [0, 0.05) is 16.7 Å². The van der Waals surface area contributed by atoms with Gasteiger partial charge in [0.25, 0.3) is 5.91 Å². The summed E-state index contributed by atoms with van der Waals surface area (Å²) in [5.74, 6) is -0.121. The van der Waals surface area contributed by atoms with Gasteiger partial charge in [-0.15, -0.1) is 0 Å². The maximum absolute atomic E-state index is 13.8. The number of nitrogens with zero attached hydrogens (tertiary/aromatic N) is 1. The molecule has 0 unspecified atom stereocenters. The van der Waals surface area contributed by atoms with Crippen molar-refractivity contribution in [3.05, 3.63) is 107 Å². The van der Waals surface area contributed by atoms with E-state index in [1.54, 1.807) is 0 Å². The van der Waals surface area contributed by atoms with Gasteiger partial charge in [-0.2, -0.15) is 5.10 Å². The van der Waals surface area contributed by atoms with Crippen molar-refractivity contribution in [3.63, 3.8) is 0 Å². The van der Waals surface area contributed by atoms with Crippen LogP contribution in [0.1, 0.15) is 61.3 Å². The molecule has 1 aliphatic carbocycles. The second-order valence-corrected chi connectivity index (χ2v) is 9.56. The number of carbonyl (C=O) groups excluding carboxylic acids is 1. The fourth-order valence-corrected chi connectivity index (χ4v) is 5.58. The molecule has 0 saturated heterocycles. The molecule has 3 aromatic rings. The van der Waals surface area contributed by atoms with E-state index in [-0.39, 0.29) is 11.4 Å². The molecule has 2 N–H and O–H groups in total. The molecule has 5 rings (SSSR count). The van der Waals surface area contributed by atoms with Gasteiger partial charge in [0.05, 0.1) is 5.71 Å². The fourth-order valence-electron chi connectivity index (χ4n) is 5.58. The Morgan fingerprint density at radius 3 is 2.03 bits per heavy atom. The van der Waals surface area contributed by atoms with Crippen molar-refractivity contribution in [2.45, 2.75) is 56.5 Å². The van der Waals surface area contributed by atoms with Crippen LogP contribution in [-0.2, 0) is 16.8 Å². The average Bonchev–Trinajstić information content (AvgIpc) is 2.86. The monoisotopic (exact) mass is 437 g/mol. The molecule has 33 heavy (non-hydrogen) atoms.